The van der Waals surface area contributed by atoms with Crippen molar-refractivity contribution in [2.45, 2.75) is 51.7 Å². The number of aromatic nitrogens is 1. The molecule has 0 radical (unpaired) electrons. The van der Waals surface area contributed by atoms with E-state index in [9.17, 15) is 0 Å². The van der Waals surface area contributed by atoms with Gasteiger partial charge in [0.05, 0.1) is 0 Å². The predicted molar refractivity (Wildman–Crippen MR) is 67.6 cm³/mol. The van der Waals surface area contributed by atoms with E-state index in [0.29, 0.717) is 17.2 Å². The molecule has 2 rings (SSSR count). The fraction of sp³-hybridized carbons (Fsp3) is 0.615. The first-order valence-electron chi connectivity index (χ1n) is 6.07. The summed E-state index contributed by atoms with van der Waals surface area (Å²) >= 11 is 6.10. The van der Waals surface area contributed by atoms with Gasteiger partial charge in [-0.1, -0.05) is 24.6 Å². The van der Waals surface area contributed by atoms with E-state index < -0.39 is 0 Å². The van der Waals surface area contributed by atoms with Gasteiger partial charge in [0.1, 0.15) is 5.15 Å². The summed E-state index contributed by atoms with van der Waals surface area (Å²) in [6, 6.07) is 5.42. The first-order valence-corrected chi connectivity index (χ1v) is 6.45. The average molecular weight is 239 g/mol. The predicted octanol–water partition coefficient (Wildman–Crippen LogP) is 3.50. The van der Waals surface area contributed by atoms with Gasteiger partial charge in [-0.25, -0.2) is 4.98 Å². The van der Waals surface area contributed by atoms with Crippen LogP contribution in [0.25, 0.3) is 0 Å². The van der Waals surface area contributed by atoms with Crippen molar-refractivity contribution in [1.82, 2.24) is 9.88 Å². The van der Waals surface area contributed by atoms with Crippen molar-refractivity contribution in [3.63, 3.8) is 0 Å². The van der Waals surface area contributed by atoms with E-state index in [1.165, 1.54) is 19.3 Å². The van der Waals surface area contributed by atoms with Crippen LogP contribution < -0.4 is 0 Å². The highest BCUT2D eigenvalue weighted by Crippen LogP contribution is 2.28. The second-order valence-electron chi connectivity index (χ2n) is 4.61. The maximum absolute atomic E-state index is 6.10. The first-order chi connectivity index (χ1) is 7.72. The SMILES string of the molecule is CCC1CCC(C)N1Cc1cccnc1Cl. The summed E-state index contributed by atoms with van der Waals surface area (Å²) in [5.41, 5.74) is 1.15. The molecule has 1 aromatic heterocycles. The highest BCUT2D eigenvalue weighted by molar-refractivity contribution is 6.30. The van der Waals surface area contributed by atoms with E-state index in [4.69, 9.17) is 11.6 Å². The number of nitrogens with zero attached hydrogens (tertiary/aromatic N) is 2. The van der Waals surface area contributed by atoms with Gasteiger partial charge in [0.2, 0.25) is 0 Å². The Labute approximate surface area is 103 Å². The zero-order chi connectivity index (χ0) is 11.5. The summed E-state index contributed by atoms with van der Waals surface area (Å²) in [7, 11) is 0. The summed E-state index contributed by atoms with van der Waals surface area (Å²) in [6.45, 7) is 5.51. The van der Waals surface area contributed by atoms with Gasteiger partial charge in [-0.3, -0.25) is 4.90 Å². The van der Waals surface area contributed by atoms with E-state index in [0.717, 1.165) is 12.1 Å². The van der Waals surface area contributed by atoms with Gasteiger partial charge >= 0.3 is 0 Å². The van der Waals surface area contributed by atoms with Crippen LogP contribution in [0.1, 0.15) is 38.7 Å². The fourth-order valence-electron chi connectivity index (χ4n) is 2.58. The molecule has 0 saturated carbocycles. The second kappa shape index (κ2) is 5.15. The van der Waals surface area contributed by atoms with Crippen molar-refractivity contribution in [3.8, 4) is 0 Å². The Bertz CT molecular complexity index is 354. The van der Waals surface area contributed by atoms with Gasteiger partial charge in [0, 0.05) is 30.4 Å². The van der Waals surface area contributed by atoms with Crippen molar-refractivity contribution in [3.05, 3.63) is 29.0 Å². The van der Waals surface area contributed by atoms with E-state index >= 15 is 0 Å². The van der Waals surface area contributed by atoms with Crippen LogP contribution in [0.3, 0.4) is 0 Å². The van der Waals surface area contributed by atoms with E-state index in [2.05, 4.69) is 29.8 Å². The number of pyridine rings is 1. The third kappa shape index (κ3) is 2.38. The zero-order valence-corrected chi connectivity index (χ0v) is 10.7. The zero-order valence-electron chi connectivity index (χ0n) is 9.99. The molecule has 3 heteroatoms. The molecule has 1 aliphatic heterocycles. The molecule has 0 N–H and O–H groups in total. The topological polar surface area (TPSA) is 16.1 Å². The van der Waals surface area contributed by atoms with E-state index in [1.54, 1.807) is 6.20 Å². The number of halogens is 1. The number of hydrogen-bond donors (Lipinski definition) is 0. The number of rotatable bonds is 3. The van der Waals surface area contributed by atoms with Crippen LogP contribution in [0, 0.1) is 0 Å². The van der Waals surface area contributed by atoms with Crippen molar-refractivity contribution in [2.75, 3.05) is 0 Å². The van der Waals surface area contributed by atoms with Gasteiger partial charge in [-0.05, 0) is 32.3 Å². The molecule has 0 amide bonds. The van der Waals surface area contributed by atoms with Crippen LogP contribution in [0.15, 0.2) is 18.3 Å². The van der Waals surface area contributed by atoms with Crippen LogP contribution in [0.5, 0.6) is 0 Å². The average Bonchev–Trinajstić information content (AvgIpc) is 2.63. The van der Waals surface area contributed by atoms with Crippen molar-refractivity contribution >= 4 is 11.6 Å². The highest BCUT2D eigenvalue weighted by Gasteiger charge is 2.29. The van der Waals surface area contributed by atoms with Gasteiger partial charge in [0.15, 0.2) is 0 Å². The lowest BCUT2D eigenvalue weighted by molar-refractivity contribution is 0.189. The second-order valence-corrected chi connectivity index (χ2v) is 4.97. The van der Waals surface area contributed by atoms with Crippen LogP contribution in [0.2, 0.25) is 5.15 Å². The minimum Gasteiger partial charge on any atom is -0.293 e. The Kier molecular flexibility index (Phi) is 3.82. The smallest absolute Gasteiger partial charge is 0.133 e. The van der Waals surface area contributed by atoms with Crippen LogP contribution in [0.4, 0.5) is 0 Å². The van der Waals surface area contributed by atoms with Gasteiger partial charge < -0.3 is 0 Å². The molecule has 2 atom stereocenters. The minimum atomic E-state index is 0.649. The van der Waals surface area contributed by atoms with Gasteiger partial charge in [-0.15, -0.1) is 0 Å². The highest BCUT2D eigenvalue weighted by atomic mass is 35.5. The van der Waals surface area contributed by atoms with Gasteiger partial charge in [-0.2, -0.15) is 0 Å². The maximum Gasteiger partial charge on any atom is 0.133 e. The Balaban J connectivity index is 2.11. The van der Waals surface area contributed by atoms with Crippen LogP contribution >= 0.6 is 11.6 Å². The largest absolute Gasteiger partial charge is 0.293 e. The molecule has 2 heterocycles. The molecular formula is C13H19ClN2. The molecule has 88 valence electrons. The van der Waals surface area contributed by atoms with Gasteiger partial charge in [0.25, 0.3) is 0 Å². The lowest BCUT2D eigenvalue weighted by Crippen LogP contribution is -2.33. The quantitative estimate of drug-likeness (QED) is 0.750. The molecule has 1 aromatic rings. The molecule has 2 unspecified atom stereocenters. The number of likely N-dealkylation sites (tertiary alicyclic amines) is 1. The van der Waals surface area contributed by atoms with Crippen molar-refractivity contribution in [1.29, 1.82) is 0 Å². The summed E-state index contributed by atoms with van der Waals surface area (Å²) in [5, 5.41) is 0.649. The molecule has 1 aliphatic rings. The summed E-state index contributed by atoms with van der Waals surface area (Å²) in [4.78, 5) is 6.69. The third-order valence-corrected chi connectivity index (χ3v) is 3.95. The Morgan fingerprint density at radius 2 is 2.31 bits per heavy atom. The minimum absolute atomic E-state index is 0.649. The summed E-state index contributed by atoms with van der Waals surface area (Å²) in [6.07, 6.45) is 5.59. The normalized spacial score (nSPS) is 26.2. The monoisotopic (exact) mass is 238 g/mol. The standard InChI is InChI=1S/C13H19ClN2/c1-3-12-7-6-10(2)16(12)9-11-5-4-8-15-13(11)14/h4-5,8,10,12H,3,6-7,9H2,1-2H3. The molecule has 0 bridgehead atoms. The van der Waals surface area contributed by atoms with Crippen LogP contribution in [-0.4, -0.2) is 22.0 Å². The Morgan fingerprint density at radius 1 is 1.50 bits per heavy atom. The van der Waals surface area contributed by atoms with E-state index in [-0.39, 0.29) is 0 Å². The molecule has 16 heavy (non-hydrogen) atoms. The third-order valence-electron chi connectivity index (χ3n) is 3.61. The molecule has 2 nitrogen and oxygen atoms in total. The molecule has 1 saturated heterocycles. The van der Waals surface area contributed by atoms with Crippen molar-refractivity contribution in [2.24, 2.45) is 0 Å². The molecule has 0 spiro atoms. The van der Waals surface area contributed by atoms with E-state index in [1.807, 2.05) is 6.07 Å². The number of hydrogen-bond acceptors (Lipinski definition) is 2. The molecule has 0 aromatic carbocycles. The van der Waals surface area contributed by atoms with Crippen molar-refractivity contribution < 1.29 is 0 Å². The molecule has 0 aliphatic carbocycles. The molecule has 1 fully saturated rings. The molecular weight excluding hydrogens is 220 g/mol. The first kappa shape index (κ1) is 11.9. The lowest BCUT2D eigenvalue weighted by Gasteiger charge is -2.27. The van der Waals surface area contributed by atoms with Crippen LogP contribution in [-0.2, 0) is 6.54 Å². The Hall–Kier alpha value is -0.600. The Morgan fingerprint density at radius 3 is 3.00 bits per heavy atom. The summed E-state index contributed by atoms with van der Waals surface area (Å²) < 4.78 is 0. The maximum atomic E-state index is 6.10. The fourth-order valence-corrected chi connectivity index (χ4v) is 2.76. The lowest BCUT2D eigenvalue weighted by atomic mass is 10.1. The summed E-state index contributed by atoms with van der Waals surface area (Å²) in [5.74, 6) is 0.